The van der Waals surface area contributed by atoms with Crippen LogP contribution in [0.15, 0.2) is 42.6 Å². The van der Waals surface area contributed by atoms with Crippen LogP contribution in [0.3, 0.4) is 0 Å². The second kappa shape index (κ2) is 7.09. The van der Waals surface area contributed by atoms with E-state index in [1.54, 1.807) is 29.9 Å². The molecule has 1 aliphatic rings. The van der Waals surface area contributed by atoms with Crippen molar-refractivity contribution in [2.24, 2.45) is 13.0 Å². The average Bonchev–Trinajstić information content (AvgIpc) is 3.38. The van der Waals surface area contributed by atoms with Crippen LogP contribution in [0.4, 0.5) is 13.2 Å². The second-order valence-corrected chi connectivity index (χ2v) is 7.04. The van der Waals surface area contributed by atoms with E-state index >= 15 is 0 Å². The van der Waals surface area contributed by atoms with Crippen LogP contribution in [0.25, 0.3) is 22.0 Å². The molecule has 0 N–H and O–H groups in total. The zero-order valence-electron chi connectivity index (χ0n) is 15.9. The highest BCUT2D eigenvalue weighted by atomic mass is 19.4. The highest BCUT2D eigenvalue weighted by Gasteiger charge is 2.46. The highest BCUT2D eigenvalue weighted by Crippen LogP contribution is 2.51. The third kappa shape index (κ3) is 3.92. The van der Waals surface area contributed by atoms with Gasteiger partial charge in [-0.15, -0.1) is 13.2 Å². The smallest absolute Gasteiger partial charge is 0.466 e. The molecule has 0 aliphatic heterocycles. The summed E-state index contributed by atoms with van der Waals surface area (Å²) in [6, 6.07) is 9.65. The predicted molar refractivity (Wildman–Crippen MR) is 100 cm³/mol. The summed E-state index contributed by atoms with van der Waals surface area (Å²) in [5.74, 6) is -0.592. The second-order valence-electron chi connectivity index (χ2n) is 7.04. The van der Waals surface area contributed by atoms with Gasteiger partial charge in [0, 0.05) is 12.4 Å². The lowest BCUT2D eigenvalue weighted by molar-refractivity contribution is -0.274. The number of carbonyl (C=O) groups is 1. The minimum absolute atomic E-state index is 0.0496. The van der Waals surface area contributed by atoms with Crippen LogP contribution >= 0.6 is 0 Å². The van der Waals surface area contributed by atoms with Gasteiger partial charge in [-0.2, -0.15) is 5.10 Å². The summed E-state index contributed by atoms with van der Waals surface area (Å²) in [5, 5.41) is 5.28. The molecule has 0 bridgehead atoms. The monoisotopic (exact) mass is 404 g/mol. The van der Waals surface area contributed by atoms with Crippen LogP contribution in [0.1, 0.15) is 24.8 Å². The molecule has 1 aliphatic carbocycles. The number of aromatic nitrogens is 2. The van der Waals surface area contributed by atoms with Crippen molar-refractivity contribution < 1.29 is 27.4 Å². The van der Waals surface area contributed by atoms with Crippen molar-refractivity contribution >= 4 is 16.9 Å². The maximum absolute atomic E-state index is 12.4. The zero-order valence-corrected chi connectivity index (χ0v) is 15.9. The molecule has 1 heterocycles. The third-order valence-electron chi connectivity index (χ3n) is 5.10. The topological polar surface area (TPSA) is 53.4 Å². The molecule has 152 valence electrons. The maximum atomic E-state index is 12.4. The first-order valence-electron chi connectivity index (χ1n) is 9.25. The van der Waals surface area contributed by atoms with Crippen molar-refractivity contribution in [2.45, 2.75) is 25.6 Å². The van der Waals surface area contributed by atoms with Gasteiger partial charge >= 0.3 is 12.3 Å². The third-order valence-corrected chi connectivity index (χ3v) is 5.10. The van der Waals surface area contributed by atoms with E-state index < -0.39 is 6.36 Å². The summed E-state index contributed by atoms with van der Waals surface area (Å²) in [6.07, 6.45) is -2.24. The summed E-state index contributed by atoms with van der Waals surface area (Å²) >= 11 is 0. The summed E-state index contributed by atoms with van der Waals surface area (Å²) in [4.78, 5) is 12.1. The standard InChI is InChI=1S/C21H19F3N2O3/c1-3-28-20(27)17-10-16(17)15-8-13(9-19-18(15)11-25-26(19)2)12-4-6-14(7-5-12)29-21(22,23)24/h4-9,11,16-17H,3,10H2,1-2H3/t16-,17+/m0/s1. The van der Waals surface area contributed by atoms with Crippen LogP contribution in [0, 0.1) is 5.92 Å². The first kappa shape index (κ1) is 19.3. The number of alkyl halides is 3. The van der Waals surface area contributed by atoms with Crippen molar-refractivity contribution in [1.82, 2.24) is 9.78 Å². The van der Waals surface area contributed by atoms with Crippen molar-refractivity contribution in [1.29, 1.82) is 0 Å². The van der Waals surface area contributed by atoms with Crippen LogP contribution in [-0.4, -0.2) is 28.7 Å². The molecule has 29 heavy (non-hydrogen) atoms. The molecular weight excluding hydrogens is 385 g/mol. The van der Waals surface area contributed by atoms with Gasteiger partial charge in [0.25, 0.3) is 0 Å². The fraction of sp³-hybridized carbons (Fsp3) is 0.333. The quantitative estimate of drug-likeness (QED) is 0.573. The van der Waals surface area contributed by atoms with E-state index in [9.17, 15) is 18.0 Å². The molecule has 0 radical (unpaired) electrons. The van der Waals surface area contributed by atoms with Gasteiger partial charge in [-0.05, 0) is 54.2 Å². The van der Waals surface area contributed by atoms with E-state index in [1.165, 1.54) is 12.1 Å². The Balaban J connectivity index is 1.69. The van der Waals surface area contributed by atoms with Crippen LogP contribution in [0.2, 0.25) is 0 Å². The molecular formula is C21H19F3N2O3. The number of benzene rings is 2. The number of aryl methyl sites for hydroxylation is 1. The number of rotatable bonds is 5. The SMILES string of the molecule is CCOC(=O)[C@@H]1C[C@H]1c1cc(-c2ccc(OC(F)(F)F)cc2)cc2c1cnn2C. The van der Waals surface area contributed by atoms with E-state index in [0.29, 0.717) is 13.0 Å². The van der Waals surface area contributed by atoms with Crippen LogP contribution in [-0.2, 0) is 16.6 Å². The van der Waals surface area contributed by atoms with Gasteiger partial charge in [0.2, 0.25) is 0 Å². The van der Waals surface area contributed by atoms with Crippen molar-refractivity contribution in [3.05, 3.63) is 48.2 Å². The number of fused-ring (bicyclic) bond motifs is 1. The molecule has 0 saturated heterocycles. The molecule has 1 aromatic heterocycles. The minimum Gasteiger partial charge on any atom is -0.466 e. The first-order chi connectivity index (χ1) is 13.8. The lowest BCUT2D eigenvalue weighted by Crippen LogP contribution is -2.16. The number of hydrogen-bond donors (Lipinski definition) is 0. The van der Waals surface area contributed by atoms with Gasteiger partial charge in [-0.25, -0.2) is 0 Å². The van der Waals surface area contributed by atoms with E-state index in [4.69, 9.17) is 4.74 Å². The van der Waals surface area contributed by atoms with E-state index in [2.05, 4.69) is 9.84 Å². The van der Waals surface area contributed by atoms with Gasteiger partial charge < -0.3 is 9.47 Å². The fourth-order valence-electron chi connectivity index (χ4n) is 3.65. The van der Waals surface area contributed by atoms with Crippen molar-refractivity contribution in [2.75, 3.05) is 6.61 Å². The number of halogens is 3. The van der Waals surface area contributed by atoms with Gasteiger partial charge in [-0.1, -0.05) is 18.2 Å². The normalized spacial score (nSPS) is 18.7. The Kier molecular flexibility index (Phi) is 4.72. The molecule has 5 nitrogen and oxygen atoms in total. The molecule has 1 saturated carbocycles. The number of ether oxygens (including phenoxy) is 2. The molecule has 0 amide bonds. The van der Waals surface area contributed by atoms with Gasteiger partial charge in [0.1, 0.15) is 5.75 Å². The Morgan fingerprint density at radius 3 is 2.59 bits per heavy atom. The number of esters is 1. The van der Waals surface area contributed by atoms with E-state index in [0.717, 1.165) is 27.6 Å². The Bertz CT molecular complexity index is 1060. The molecule has 3 aromatic rings. The van der Waals surface area contributed by atoms with E-state index in [1.807, 2.05) is 19.2 Å². The maximum Gasteiger partial charge on any atom is 0.573 e. The lowest BCUT2D eigenvalue weighted by atomic mass is 9.97. The van der Waals surface area contributed by atoms with Crippen LogP contribution < -0.4 is 4.74 Å². The highest BCUT2D eigenvalue weighted by molar-refractivity contribution is 5.90. The largest absolute Gasteiger partial charge is 0.573 e. The Hall–Kier alpha value is -3.03. The van der Waals surface area contributed by atoms with Crippen molar-refractivity contribution in [3.63, 3.8) is 0 Å². The van der Waals surface area contributed by atoms with Crippen molar-refractivity contribution in [3.8, 4) is 16.9 Å². The Morgan fingerprint density at radius 1 is 1.21 bits per heavy atom. The van der Waals surface area contributed by atoms with Gasteiger partial charge in [0.05, 0.1) is 24.2 Å². The van der Waals surface area contributed by atoms with E-state index in [-0.39, 0.29) is 23.6 Å². The molecule has 4 rings (SSSR count). The Morgan fingerprint density at radius 2 is 1.93 bits per heavy atom. The molecule has 0 unspecified atom stereocenters. The molecule has 8 heteroatoms. The first-order valence-corrected chi connectivity index (χ1v) is 9.25. The van der Waals surface area contributed by atoms with Crippen LogP contribution in [0.5, 0.6) is 5.75 Å². The molecule has 2 atom stereocenters. The molecule has 0 spiro atoms. The summed E-state index contributed by atoms with van der Waals surface area (Å²) < 4.78 is 48.0. The number of carbonyl (C=O) groups excluding carboxylic acids is 1. The van der Waals surface area contributed by atoms with Gasteiger partial charge in [-0.3, -0.25) is 9.48 Å². The zero-order chi connectivity index (χ0) is 20.8. The number of hydrogen-bond acceptors (Lipinski definition) is 4. The predicted octanol–water partition coefficient (Wildman–Crippen LogP) is 4.81. The Labute approximate surface area is 165 Å². The number of nitrogens with zero attached hydrogens (tertiary/aromatic N) is 2. The van der Waals surface area contributed by atoms with Gasteiger partial charge in [0.15, 0.2) is 0 Å². The fourth-order valence-corrected chi connectivity index (χ4v) is 3.65. The molecule has 1 fully saturated rings. The minimum atomic E-state index is -4.73. The lowest BCUT2D eigenvalue weighted by Gasteiger charge is -2.11. The summed E-state index contributed by atoms with van der Waals surface area (Å²) in [6.45, 7) is 2.12. The average molecular weight is 404 g/mol. The molecule has 2 aromatic carbocycles. The summed E-state index contributed by atoms with van der Waals surface area (Å²) in [5.41, 5.74) is 3.48. The summed E-state index contributed by atoms with van der Waals surface area (Å²) in [7, 11) is 1.83.